The fourth-order valence-electron chi connectivity index (χ4n) is 3.18. The van der Waals surface area contributed by atoms with E-state index >= 15 is 0 Å². The Morgan fingerprint density at radius 1 is 0.963 bits per heavy atom. The van der Waals surface area contributed by atoms with Crippen molar-refractivity contribution >= 4 is 17.9 Å². The minimum absolute atomic E-state index is 0.407. The molecule has 0 unspecified atom stereocenters. The van der Waals surface area contributed by atoms with Crippen LogP contribution in [0, 0.1) is 0 Å². The van der Waals surface area contributed by atoms with Crippen LogP contribution in [0.1, 0.15) is 46.0 Å². The van der Waals surface area contributed by atoms with Crippen molar-refractivity contribution in [3.8, 4) is 0 Å². The SMILES string of the molecule is CNC(=O)NC(=O)[C@H](OC(=O)c1ccc2c(c1)CCCC2)c1ccccc1. The van der Waals surface area contributed by atoms with Crippen molar-refractivity contribution in [2.75, 3.05) is 7.05 Å². The fourth-order valence-corrected chi connectivity index (χ4v) is 3.18. The van der Waals surface area contributed by atoms with Crippen LogP contribution in [0.2, 0.25) is 0 Å². The van der Waals surface area contributed by atoms with E-state index in [0.29, 0.717) is 11.1 Å². The smallest absolute Gasteiger partial charge is 0.339 e. The Morgan fingerprint density at radius 3 is 2.37 bits per heavy atom. The Kier molecular flexibility index (Phi) is 5.86. The van der Waals surface area contributed by atoms with Gasteiger partial charge in [0.2, 0.25) is 6.10 Å². The van der Waals surface area contributed by atoms with E-state index < -0.39 is 24.0 Å². The molecule has 0 saturated carbocycles. The lowest BCUT2D eigenvalue weighted by Crippen LogP contribution is -2.41. The van der Waals surface area contributed by atoms with Crippen LogP contribution >= 0.6 is 0 Å². The number of fused-ring (bicyclic) bond motifs is 1. The second kappa shape index (κ2) is 8.49. The van der Waals surface area contributed by atoms with E-state index in [0.717, 1.165) is 31.2 Å². The number of hydrogen-bond acceptors (Lipinski definition) is 4. The first-order valence-electron chi connectivity index (χ1n) is 8.99. The van der Waals surface area contributed by atoms with Crippen molar-refractivity contribution in [1.82, 2.24) is 10.6 Å². The number of hydrogen-bond donors (Lipinski definition) is 2. The van der Waals surface area contributed by atoms with Crippen LogP contribution in [0.4, 0.5) is 4.79 Å². The van der Waals surface area contributed by atoms with Crippen LogP contribution in [0.3, 0.4) is 0 Å². The molecule has 1 aliphatic rings. The Bertz CT molecular complexity index is 849. The summed E-state index contributed by atoms with van der Waals surface area (Å²) >= 11 is 0. The molecule has 140 valence electrons. The minimum atomic E-state index is -1.22. The summed E-state index contributed by atoms with van der Waals surface area (Å²) in [7, 11) is 1.40. The maximum Gasteiger partial charge on any atom is 0.339 e. The molecule has 0 fully saturated rings. The first-order chi connectivity index (χ1) is 13.1. The first-order valence-corrected chi connectivity index (χ1v) is 8.99. The number of nitrogens with one attached hydrogen (secondary N) is 2. The molecule has 3 amide bonds. The summed E-state index contributed by atoms with van der Waals surface area (Å²) in [6, 6.07) is 13.5. The number of imide groups is 1. The molecule has 0 heterocycles. The Hall–Kier alpha value is -3.15. The average Bonchev–Trinajstić information content (AvgIpc) is 2.71. The molecule has 2 N–H and O–H groups in total. The molecule has 1 atom stereocenters. The van der Waals surface area contributed by atoms with Gasteiger partial charge in [-0.05, 0) is 48.9 Å². The molecule has 0 spiro atoms. The normalized spacial score (nSPS) is 13.8. The third-order valence-electron chi connectivity index (χ3n) is 4.61. The molecule has 6 heteroatoms. The first kappa shape index (κ1) is 18.6. The Morgan fingerprint density at radius 2 is 1.67 bits per heavy atom. The van der Waals surface area contributed by atoms with E-state index in [2.05, 4.69) is 10.6 Å². The van der Waals surface area contributed by atoms with Crippen molar-refractivity contribution < 1.29 is 19.1 Å². The summed E-state index contributed by atoms with van der Waals surface area (Å²) in [5, 5.41) is 4.48. The molecular weight excluding hydrogens is 344 g/mol. The number of urea groups is 1. The third-order valence-corrected chi connectivity index (χ3v) is 4.61. The maximum atomic E-state index is 12.7. The average molecular weight is 366 g/mol. The fraction of sp³-hybridized carbons (Fsp3) is 0.286. The van der Waals surface area contributed by atoms with Crippen molar-refractivity contribution in [3.05, 3.63) is 70.8 Å². The second-order valence-electron chi connectivity index (χ2n) is 6.46. The quantitative estimate of drug-likeness (QED) is 0.815. The number of aryl methyl sites for hydroxylation is 2. The molecule has 0 bridgehead atoms. The van der Waals surface area contributed by atoms with Crippen LogP contribution in [0.15, 0.2) is 48.5 Å². The monoisotopic (exact) mass is 366 g/mol. The Balaban J connectivity index is 1.82. The molecule has 0 aliphatic heterocycles. The van der Waals surface area contributed by atoms with Gasteiger partial charge in [-0.25, -0.2) is 9.59 Å². The molecule has 3 rings (SSSR count). The summed E-state index contributed by atoms with van der Waals surface area (Å²) in [5.74, 6) is -1.30. The highest BCUT2D eigenvalue weighted by atomic mass is 16.5. The highest BCUT2D eigenvalue weighted by Gasteiger charge is 2.27. The lowest BCUT2D eigenvalue weighted by Gasteiger charge is -2.19. The lowest BCUT2D eigenvalue weighted by molar-refractivity contribution is -0.129. The van der Waals surface area contributed by atoms with E-state index in [4.69, 9.17) is 4.74 Å². The van der Waals surface area contributed by atoms with E-state index in [1.165, 1.54) is 12.6 Å². The molecule has 2 aromatic carbocycles. The number of esters is 1. The van der Waals surface area contributed by atoms with Gasteiger partial charge in [0.05, 0.1) is 5.56 Å². The summed E-state index contributed by atoms with van der Waals surface area (Å²) < 4.78 is 5.49. The van der Waals surface area contributed by atoms with Gasteiger partial charge in [0.1, 0.15) is 0 Å². The molecule has 27 heavy (non-hydrogen) atoms. The van der Waals surface area contributed by atoms with Gasteiger partial charge in [-0.15, -0.1) is 0 Å². The van der Waals surface area contributed by atoms with Gasteiger partial charge in [-0.3, -0.25) is 10.1 Å². The van der Waals surface area contributed by atoms with Gasteiger partial charge in [0, 0.05) is 12.6 Å². The van der Waals surface area contributed by atoms with Crippen molar-refractivity contribution in [1.29, 1.82) is 0 Å². The van der Waals surface area contributed by atoms with Gasteiger partial charge in [0.15, 0.2) is 0 Å². The van der Waals surface area contributed by atoms with Gasteiger partial charge in [-0.2, -0.15) is 0 Å². The molecule has 0 radical (unpaired) electrons. The molecule has 0 saturated heterocycles. The molecule has 1 aliphatic carbocycles. The second-order valence-corrected chi connectivity index (χ2v) is 6.46. The standard InChI is InChI=1S/C21H22N2O4/c1-22-21(26)23-19(24)18(15-8-3-2-4-9-15)27-20(25)17-12-11-14-7-5-6-10-16(14)13-17/h2-4,8-9,11-13,18H,5-7,10H2,1H3,(H2,22,23,24,26)/t18-/m1/s1. The number of rotatable bonds is 4. The van der Waals surface area contributed by atoms with Crippen molar-refractivity contribution in [2.24, 2.45) is 0 Å². The zero-order chi connectivity index (χ0) is 19.2. The molecule has 0 aromatic heterocycles. The van der Waals surface area contributed by atoms with Crippen molar-refractivity contribution in [2.45, 2.75) is 31.8 Å². The number of benzene rings is 2. The van der Waals surface area contributed by atoms with Crippen molar-refractivity contribution in [3.63, 3.8) is 0 Å². The van der Waals surface area contributed by atoms with E-state index in [9.17, 15) is 14.4 Å². The van der Waals surface area contributed by atoms with Crippen LogP contribution in [-0.2, 0) is 22.4 Å². The number of ether oxygens (including phenoxy) is 1. The van der Waals surface area contributed by atoms with E-state index in [1.807, 2.05) is 12.1 Å². The molecule has 2 aromatic rings. The van der Waals surface area contributed by atoms with Crippen LogP contribution in [-0.4, -0.2) is 25.0 Å². The summed E-state index contributed by atoms with van der Waals surface area (Å²) in [5.41, 5.74) is 3.31. The highest BCUT2D eigenvalue weighted by molar-refractivity contribution is 5.99. The summed E-state index contributed by atoms with van der Waals surface area (Å²) in [6.07, 6.45) is 3.01. The van der Waals surface area contributed by atoms with Gasteiger partial charge in [-0.1, -0.05) is 36.4 Å². The van der Waals surface area contributed by atoms with Gasteiger partial charge < -0.3 is 10.1 Å². The van der Waals surface area contributed by atoms with Gasteiger partial charge >= 0.3 is 12.0 Å². The Labute approximate surface area is 157 Å². The lowest BCUT2D eigenvalue weighted by atomic mass is 9.90. The largest absolute Gasteiger partial charge is 0.444 e. The van der Waals surface area contributed by atoms with Crippen LogP contribution < -0.4 is 10.6 Å². The van der Waals surface area contributed by atoms with E-state index in [-0.39, 0.29) is 0 Å². The van der Waals surface area contributed by atoms with Gasteiger partial charge in [0.25, 0.3) is 5.91 Å². The highest BCUT2D eigenvalue weighted by Crippen LogP contribution is 2.24. The zero-order valence-corrected chi connectivity index (χ0v) is 15.2. The topological polar surface area (TPSA) is 84.5 Å². The number of carbonyl (C=O) groups is 3. The molecule has 6 nitrogen and oxygen atoms in total. The predicted octanol–water partition coefficient (Wildman–Crippen LogP) is 2.92. The maximum absolute atomic E-state index is 12.7. The summed E-state index contributed by atoms with van der Waals surface area (Å²) in [4.78, 5) is 36.6. The third kappa shape index (κ3) is 4.53. The number of carbonyl (C=O) groups excluding carboxylic acids is 3. The summed E-state index contributed by atoms with van der Waals surface area (Å²) in [6.45, 7) is 0. The predicted molar refractivity (Wildman–Crippen MR) is 100 cm³/mol. The van der Waals surface area contributed by atoms with Crippen LogP contribution in [0.25, 0.3) is 0 Å². The van der Waals surface area contributed by atoms with Crippen LogP contribution in [0.5, 0.6) is 0 Å². The zero-order valence-electron chi connectivity index (χ0n) is 15.2. The minimum Gasteiger partial charge on any atom is -0.444 e. The van der Waals surface area contributed by atoms with E-state index in [1.54, 1.807) is 36.4 Å². The molecular formula is C21H22N2O4. The number of amides is 3.